The van der Waals surface area contributed by atoms with Crippen molar-refractivity contribution >= 4 is 17.8 Å². The largest absolute Gasteiger partial charge is 0.423 e. The van der Waals surface area contributed by atoms with Gasteiger partial charge in [0.1, 0.15) is 5.75 Å². The van der Waals surface area contributed by atoms with E-state index in [0.717, 1.165) is 12.8 Å². The fourth-order valence-corrected chi connectivity index (χ4v) is 2.59. The standard InChI is InChI=1S/C19H17NO4/c1-2-3-11-20-17(21)15-10-9-13(12-16(15)18(20)22)19(23)24-14-7-5-4-6-8-14/h4-10,12H,2-3,11H2,1H3. The van der Waals surface area contributed by atoms with Crippen LogP contribution in [0.4, 0.5) is 0 Å². The van der Waals surface area contributed by atoms with Gasteiger partial charge >= 0.3 is 5.97 Å². The van der Waals surface area contributed by atoms with Crippen molar-refractivity contribution in [3.05, 3.63) is 65.2 Å². The molecule has 0 spiro atoms. The van der Waals surface area contributed by atoms with Crippen molar-refractivity contribution in [2.45, 2.75) is 19.8 Å². The molecule has 0 unspecified atom stereocenters. The molecule has 0 bridgehead atoms. The number of nitrogens with zero attached hydrogens (tertiary/aromatic N) is 1. The van der Waals surface area contributed by atoms with Crippen molar-refractivity contribution < 1.29 is 19.1 Å². The second-order valence-electron chi connectivity index (χ2n) is 5.58. The summed E-state index contributed by atoms with van der Waals surface area (Å²) in [5.74, 6) is -0.782. The molecule has 0 saturated heterocycles. The molecule has 0 radical (unpaired) electrons. The topological polar surface area (TPSA) is 63.7 Å². The van der Waals surface area contributed by atoms with E-state index in [1.807, 2.05) is 13.0 Å². The van der Waals surface area contributed by atoms with Crippen molar-refractivity contribution in [2.24, 2.45) is 0 Å². The van der Waals surface area contributed by atoms with Gasteiger partial charge in [-0.1, -0.05) is 31.5 Å². The van der Waals surface area contributed by atoms with E-state index in [1.54, 1.807) is 24.3 Å². The summed E-state index contributed by atoms with van der Waals surface area (Å²) in [6, 6.07) is 13.2. The lowest BCUT2D eigenvalue weighted by Gasteiger charge is -2.12. The number of rotatable bonds is 5. The van der Waals surface area contributed by atoms with Gasteiger partial charge < -0.3 is 4.74 Å². The quantitative estimate of drug-likeness (QED) is 0.481. The molecular weight excluding hydrogens is 306 g/mol. The third kappa shape index (κ3) is 2.93. The maximum absolute atomic E-state index is 12.4. The smallest absolute Gasteiger partial charge is 0.343 e. The van der Waals surface area contributed by atoms with Crippen molar-refractivity contribution in [3.63, 3.8) is 0 Å². The number of ether oxygens (including phenoxy) is 1. The minimum atomic E-state index is -0.559. The molecule has 5 heteroatoms. The highest BCUT2D eigenvalue weighted by molar-refractivity contribution is 6.22. The van der Waals surface area contributed by atoms with Crippen LogP contribution in [0.1, 0.15) is 50.8 Å². The van der Waals surface area contributed by atoms with Crippen LogP contribution in [0.25, 0.3) is 0 Å². The number of hydrogen-bond acceptors (Lipinski definition) is 4. The van der Waals surface area contributed by atoms with Crippen LogP contribution >= 0.6 is 0 Å². The SMILES string of the molecule is CCCCN1C(=O)c2ccc(C(=O)Oc3ccccc3)cc2C1=O. The van der Waals surface area contributed by atoms with E-state index in [1.165, 1.54) is 23.1 Å². The molecule has 0 aliphatic carbocycles. The molecule has 1 heterocycles. The van der Waals surface area contributed by atoms with Crippen LogP contribution in [0.5, 0.6) is 5.75 Å². The monoisotopic (exact) mass is 323 g/mol. The molecule has 3 rings (SSSR count). The predicted octanol–water partition coefficient (Wildman–Crippen LogP) is 3.30. The first-order chi connectivity index (χ1) is 11.6. The molecule has 0 fully saturated rings. The number of imide groups is 1. The average molecular weight is 323 g/mol. The van der Waals surface area contributed by atoms with E-state index >= 15 is 0 Å². The lowest BCUT2D eigenvalue weighted by molar-refractivity contribution is 0.0651. The Kier molecular flexibility index (Phi) is 4.42. The Morgan fingerprint density at radius 3 is 2.42 bits per heavy atom. The summed E-state index contributed by atoms with van der Waals surface area (Å²) >= 11 is 0. The number of unbranched alkanes of at least 4 members (excludes halogenated alkanes) is 1. The van der Waals surface area contributed by atoms with E-state index < -0.39 is 5.97 Å². The van der Waals surface area contributed by atoms with Crippen LogP contribution < -0.4 is 4.74 Å². The molecule has 0 aromatic heterocycles. The zero-order chi connectivity index (χ0) is 17.1. The number of para-hydroxylation sites is 1. The minimum Gasteiger partial charge on any atom is -0.423 e. The average Bonchev–Trinajstić information content (AvgIpc) is 2.84. The van der Waals surface area contributed by atoms with Gasteiger partial charge in [-0.15, -0.1) is 0 Å². The lowest BCUT2D eigenvalue weighted by Crippen LogP contribution is -2.30. The number of amides is 2. The second-order valence-corrected chi connectivity index (χ2v) is 5.58. The summed E-state index contributed by atoms with van der Waals surface area (Å²) in [5.41, 5.74) is 0.849. The molecule has 2 amide bonds. The maximum Gasteiger partial charge on any atom is 0.343 e. The highest BCUT2D eigenvalue weighted by atomic mass is 16.5. The zero-order valence-corrected chi connectivity index (χ0v) is 13.3. The summed E-state index contributed by atoms with van der Waals surface area (Å²) in [4.78, 5) is 38.1. The highest BCUT2D eigenvalue weighted by Gasteiger charge is 2.35. The van der Waals surface area contributed by atoms with Crippen LogP contribution in [0.3, 0.4) is 0 Å². The van der Waals surface area contributed by atoms with Crippen molar-refractivity contribution in [3.8, 4) is 5.75 Å². The van der Waals surface area contributed by atoms with E-state index in [2.05, 4.69) is 0 Å². The van der Waals surface area contributed by atoms with E-state index in [9.17, 15) is 14.4 Å². The minimum absolute atomic E-state index is 0.246. The number of fused-ring (bicyclic) bond motifs is 1. The summed E-state index contributed by atoms with van der Waals surface area (Å²) in [7, 11) is 0. The number of hydrogen-bond donors (Lipinski definition) is 0. The summed E-state index contributed by atoms with van der Waals surface area (Å²) < 4.78 is 5.27. The first-order valence-corrected chi connectivity index (χ1v) is 7.89. The van der Waals surface area contributed by atoms with Gasteiger partial charge in [-0.25, -0.2) is 4.79 Å². The van der Waals surface area contributed by atoms with Gasteiger partial charge in [-0.3, -0.25) is 14.5 Å². The van der Waals surface area contributed by atoms with E-state index in [-0.39, 0.29) is 22.9 Å². The Morgan fingerprint density at radius 2 is 1.71 bits per heavy atom. The van der Waals surface area contributed by atoms with Gasteiger partial charge in [0, 0.05) is 6.54 Å². The molecule has 1 aliphatic rings. The molecule has 2 aromatic carbocycles. The highest BCUT2D eigenvalue weighted by Crippen LogP contribution is 2.25. The van der Waals surface area contributed by atoms with Crippen LogP contribution in [-0.4, -0.2) is 29.2 Å². The third-order valence-corrected chi connectivity index (χ3v) is 3.90. The van der Waals surface area contributed by atoms with Crippen LogP contribution in [0, 0.1) is 0 Å². The third-order valence-electron chi connectivity index (χ3n) is 3.90. The van der Waals surface area contributed by atoms with Crippen molar-refractivity contribution in [1.82, 2.24) is 4.90 Å². The van der Waals surface area contributed by atoms with Crippen LogP contribution in [0.2, 0.25) is 0 Å². The van der Waals surface area contributed by atoms with Gasteiger partial charge in [0.2, 0.25) is 0 Å². The molecule has 0 atom stereocenters. The Hall–Kier alpha value is -2.95. The van der Waals surface area contributed by atoms with Gasteiger partial charge in [0.15, 0.2) is 0 Å². The Labute approximate surface area is 139 Å². The molecule has 5 nitrogen and oxygen atoms in total. The van der Waals surface area contributed by atoms with Crippen molar-refractivity contribution in [2.75, 3.05) is 6.54 Å². The van der Waals surface area contributed by atoms with Crippen LogP contribution in [0.15, 0.2) is 48.5 Å². The summed E-state index contributed by atoms with van der Waals surface area (Å²) in [6.45, 7) is 2.39. The van der Waals surface area contributed by atoms with E-state index in [4.69, 9.17) is 4.74 Å². The molecule has 122 valence electrons. The zero-order valence-electron chi connectivity index (χ0n) is 13.3. The van der Waals surface area contributed by atoms with Crippen LogP contribution in [-0.2, 0) is 0 Å². The number of carbonyl (C=O) groups is 3. The molecule has 2 aromatic rings. The van der Waals surface area contributed by atoms with Gasteiger partial charge in [-0.2, -0.15) is 0 Å². The number of carbonyl (C=O) groups excluding carboxylic acids is 3. The van der Waals surface area contributed by atoms with Gasteiger partial charge in [0.25, 0.3) is 11.8 Å². The second kappa shape index (κ2) is 6.66. The normalized spacial score (nSPS) is 13.1. The van der Waals surface area contributed by atoms with Gasteiger partial charge in [-0.05, 0) is 36.8 Å². The predicted molar refractivity (Wildman–Crippen MR) is 88.1 cm³/mol. The maximum atomic E-state index is 12.4. The summed E-state index contributed by atoms with van der Waals surface area (Å²) in [5, 5.41) is 0. The number of benzene rings is 2. The Bertz CT molecular complexity index is 798. The Morgan fingerprint density at radius 1 is 1.00 bits per heavy atom. The first kappa shape index (κ1) is 15.9. The van der Waals surface area contributed by atoms with Crippen molar-refractivity contribution in [1.29, 1.82) is 0 Å². The molecule has 24 heavy (non-hydrogen) atoms. The molecular formula is C19H17NO4. The van der Waals surface area contributed by atoms with E-state index in [0.29, 0.717) is 17.9 Å². The molecule has 0 saturated carbocycles. The fraction of sp³-hybridized carbons (Fsp3) is 0.211. The van der Waals surface area contributed by atoms with Gasteiger partial charge in [0.05, 0.1) is 16.7 Å². The summed E-state index contributed by atoms with van der Waals surface area (Å²) in [6.07, 6.45) is 1.65. The number of esters is 1. The molecule has 0 N–H and O–H groups in total. The lowest BCUT2D eigenvalue weighted by atomic mass is 10.1. The first-order valence-electron chi connectivity index (χ1n) is 7.89. The Balaban J connectivity index is 1.83. The molecule has 1 aliphatic heterocycles. The fourth-order valence-electron chi connectivity index (χ4n) is 2.59.